The number of carbonyl (C=O) groups excluding carboxylic acids is 3. The Morgan fingerprint density at radius 3 is 2.74 bits per heavy atom. The van der Waals surface area contributed by atoms with Gasteiger partial charge in [0, 0.05) is 32.6 Å². The van der Waals surface area contributed by atoms with E-state index in [9.17, 15) is 23.9 Å². The molecule has 1 heterocycles. The van der Waals surface area contributed by atoms with Crippen LogP contribution in [0.3, 0.4) is 0 Å². The third-order valence-electron chi connectivity index (χ3n) is 6.87. The van der Waals surface area contributed by atoms with E-state index in [1.165, 1.54) is 29.6 Å². The quantitative estimate of drug-likeness (QED) is 0.402. The van der Waals surface area contributed by atoms with E-state index in [-0.39, 0.29) is 38.3 Å². The number of aliphatic hydroxyl groups excluding tert-OH is 1. The van der Waals surface area contributed by atoms with Crippen molar-refractivity contribution in [3.8, 4) is 5.75 Å². The molecule has 0 aliphatic carbocycles. The molecule has 0 fully saturated rings. The molecule has 0 radical (unpaired) electrons. The first-order valence-corrected chi connectivity index (χ1v) is 13.4. The van der Waals surface area contributed by atoms with Crippen LogP contribution in [-0.4, -0.2) is 66.1 Å². The maximum atomic E-state index is 14.4. The van der Waals surface area contributed by atoms with Crippen LogP contribution in [0.5, 0.6) is 5.75 Å². The van der Waals surface area contributed by atoms with Crippen molar-refractivity contribution in [2.24, 2.45) is 5.73 Å². The Morgan fingerprint density at radius 1 is 1.23 bits per heavy atom. The summed E-state index contributed by atoms with van der Waals surface area (Å²) in [6.45, 7) is 3.00. The Hall–Kier alpha value is -3.50. The van der Waals surface area contributed by atoms with Gasteiger partial charge in [-0.15, -0.1) is 0 Å². The van der Waals surface area contributed by atoms with Gasteiger partial charge in [-0.1, -0.05) is 31.2 Å². The largest absolute Gasteiger partial charge is 0.493 e. The van der Waals surface area contributed by atoms with Gasteiger partial charge in [-0.05, 0) is 54.5 Å². The zero-order valence-electron chi connectivity index (χ0n) is 22.6. The number of halogens is 1. The van der Waals surface area contributed by atoms with Crippen molar-refractivity contribution in [1.82, 2.24) is 15.5 Å². The second-order valence-electron chi connectivity index (χ2n) is 9.98. The molecule has 212 valence electrons. The van der Waals surface area contributed by atoms with Crippen molar-refractivity contribution < 1.29 is 28.6 Å². The normalized spacial score (nSPS) is 19.8. The summed E-state index contributed by atoms with van der Waals surface area (Å²) in [5, 5.41) is 17.1. The lowest BCUT2D eigenvalue weighted by Crippen LogP contribution is -2.55. The highest BCUT2D eigenvalue weighted by atomic mass is 19.1. The SMILES string of the molecule is CCc1cccc(CNC[C@@H](O)[C@@H]2Cc3cc(F)cc(c3)OCCCCC(=O)N(C)[C@@H](CC(N)=O)C(=O)N2)c1. The number of nitrogens with zero attached hydrogens (tertiary/aromatic N) is 1. The summed E-state index contributed by atoms with van der Waals surface area (Å²) in [5.74, 6) is -1.83. The van der Waals surface area contributed by atoms with Crippen molar-refractivity contribution >= 4 is 17.7 Å². The highest BCUT2D eigenvalue weighted by Gasteiger charge is 2.32. The molecule has 0 unspecified atom stereocenters. The highest BCUT2D eigenvalue weighted by molar-refractivity contribution is 5.91. The predicted molar refractivity (Wildman–Crippen MR) is 145 cm³/mol. The molecule has 1 aliphatic heterocycles. The smallest absolute Gasteiger partial charge is 0.243 e. The van der Waals surface area contributed by atoms with Crippen molar-refractivity contribution in [3.63, 3.8) is 0 Å². The lowest BCUT2D eigenvalue weighted by Gasteiger charge is -2.30. The highest BCUT2D eigenvalue weighted by Crippen LogP contribution is 2.20. The van der Waals surface area contributed by atoms with Crippen LogP contribution < -0.4 is 21.1 Å². The number of ether oxygens (including phenoxy) is 1. The molecule has 10 heteroatoms. The molecular weight excluding hydrogens is 503 g/mol. The van der Waals surface area contributed by atoms with E-state index < -0.39 is 35.8 Å². The van der Waals surface area contributed by atoms with Gasteiger partial charge in [0.1, 0.15) is 17.6 Å². The number of hydrogen-bond acceptors (Lipinski definition) is 6. The standard InChI is InChI=1S/C29H39FN4O5/c1-3-19-7-6-8-20(11-19)17-32-18-26(35)24-14-21-12-22(30)15-23(13-21)39-10-5-4-9-28(37)34(2)25(16-27(31)36)29(38)33-24/h6-8,11-13,15,24-26,32,35H,3-5,9-10,14,16-18H2,1-2H3,(H2,31,36)(H,33,38)/t24-,25-,26+/m0/s1. The van der Waals surface area contributed by atoms with Crippen LogP contribution in [0.1, 0.15) is 49.3 Å². The molecule has 2 bridgehead atoms. The molecule has 3 rings (SSSR count). The number of hydrogen-bond donors (Lipinski definition) is 4. The van der Waals surface area contributed by atoms with Gasteiger partial charge in [-0.3, -0.25) is 14.4 Å². The van der Waals surface area contributed by atoms with Gasteiger partial charge in [-0.25, -0.2) is 4.39 Å². The summed E-state index contributed by atoms with van der Waals surface area (Å²) in [6.07, 6.45) is 0.753. The Kier molecular flexibility index (Phi) is 11.2. The minimum absolute atomic E-state index is 0.0922. The first-order valence-electron chi connectivity index (χ1n) is 13.4. The minimum atomic E-state index is -1.14. The fraction of sp³-hybridized carbons (Fsp3) is 0.483. The number of aliphatic hydroxyl groups is 1. The van der Waals surface area contributed by atoms with Crippen LogP contribution in [0.15, 0.2) is 42.5 Å². The van der Waals surface area contributed by atoms with Crippen molar-refractivity contribution in [1.29, 1.82) is 0 Å². The van der Waals surface area contributed by atoms with Gasteiger partial charge in [0.15, 0.2) is 0 Å². The summed E-state index contributed by atoms with van der Waals surface area (Å²) < 4.78 is 20.1. The molecule has 0 saturated carbocycles. The van der Waals surface area contributed by atoms with Crippen LogP contribution in [0.4, 0.5) is 4.39 Å². The van der Waals surface area contributed by atoms with E-state index in [1.54, 1.807) is 6.07 Å². The topological polar surface area (TPSA) is 134 Å². The van der Waals surface area contributed by atoms with Crippen molar-refractivity contribution in [3.05, 3.63) is 65.0 Å². The maximum absolute atomic E-state index is 14.4. The molecule has 0 aromatic heterocycles. The maximum Gasteiger partial charge on any atom is 0.243 e. The summed E-state index contributed by atoms with van der Waals surface area (Å²) >= 11 is 0. The second kappa shape index (κ2) is 14.6. The number of fused-ring (bicyclic) bond motifs is 2. The Labute approximate surface area is 228 Å². The molecule has 1 aliphatic rings. The number of aryl methyl sites for hydroxylation is 1. The minimum Gasteiger partial charge on any atom is -0.493 e. The van der Waals surface area contributed by atoms with Crippen molar-refractivity contribution in [2.45, 2.75) is 70.2 Å². The number of likely N-dealkylation sites (N-methyl/N-ethyl adjacent to an activating group) is 1. The molecule has 0 saturated heterocycles. The molecule has 3 amide bonds. The average Bonchev–Trinajstić information content (AvgIpc) is 2.90. The third kappa shape index (κ3) is 9.33. The number of carbonyl (C=O) groups is 3. The van der Waals surface area contributed by atoms with Crippen LogP contribution >= 0.6 is 0 Å². The van der Waals surface area contributed by atoms with E-state index in [2.05, 4.69) is 23.6 Å². The van der Waals surface area contributed by atoms with E-state index in [0.717, 1.165) is 12.0 Å². The Morgan fingerprint density at radius 2 is 2.00 bits per heavy atom. The summed E-state index contributed by atoms with van der Waals surface area (Å²) in [6, 6.07) is 10.4. The third-order valence-corrected chi connectivity index (χ3v) is 6.87. The van der Waals surface area contributed by atoms with Gasteiger partial charge >= 0.3 is 0 Å². The molecule has 9 nitrogen and oxygen atoms in total. The van der Waals surface area contributed by atoms with Gasteiger partial charge < -0.3 is 31.1 Å². The Bertz CT molecular complexity index is 1140. The number of nitrogens with two attached hydrogens (primary N) is 1. The molecule has 39 heavy (non-hydrogen) atoms. The first kappa shape index (κ1) is 30.0. The molecule has 2 aromatic carbocycles. The zero-order chi connectivity index (χ0) is 28.4. The predicted octanol–water partition coefficient (Wildman–Crippen LogP) is 1.83. The fourth-order valence-electron chi connectivity index (χ4n) is 4.62. The van der Waals surface area contributed by atoms with E-state index in [1.807, 2.05) is 18.2 Å². The van der Waals surface area contributed by atoms with E-state index in [0.29, 0.717) is 30.7 Å². The summed E-state index contributed by atoms with van der Waals surface area (Å²) in [5.41, 5.74) is 8.18. The van der Waals surface area contributed by atoms with Gasteiger partial charge in [-0.2, -0.15) is 0 Å². The van der Waals surface area contributed by atoms with Crippen molar-refractivity contribution in [2.75, 3.05) is 20.2 Å². The number of primary amides is 1. The van der Waals surface area contributed by atoms with E-state index in [4.69, 9.17) is 10.5 Å². The monoisotopic (exact) mass is 542 g/mol. The van der Waals surface area contributed by atoms with Crippen LogP contribution in [0, 0.1) is 5.82 Å². The van der Waals surface area contributed by atoms with Crippen LogP contribution in [0.2, 0.25) is 0 Å². The summed E-state index contributed by atoms with van der Waals surface area (Å²) in [4.78, 5) is 39.1. The second-order valence-corrected chi connectivity index (χ2v) is 9.98. The molecule has 0 spiro atoms. The lowest BCUT2D eigenvalue weighted by molar-refractivity contribution is -0.141. The number of rotatable bonds is 8. The lowest BCUT2D eigenvalue weighted by atomic mass is 9.99. The summed E-state index contributed by atoms with van der Waals surface area (Å²) in [7, 11) is 1.46. The molecule has 2 aromatic rings. The van der Waals surface area contributed by atoms with Gasteiger partial charge in [0.25, 0.3) is 0 Å². The Balaban J connectivity index is 1.83. The average molecular weight is 543 g/mol. The van der Waals surface area contributed by atoms with Gasteiger partial charge in [0.05, 0.1) is 25.2 Å². The molecule has 3 atom stereocenters. The van der Waals surface area contributed by atoms with E-state index >= 15 is 0 Å². The van der Waals surface area contributed by atoms with Crippen LogP contribution in [-0.2, 0) is 33.8 Å². The first-order chi connectivity index (χ1) is 18.7. The fourth-order valence-corrected chi connectivity index (χ4v) is 4.62. The van der Waals surface area contributed by atoms with Gasteiger partial charge in [0.2, 0.25) is 17.7 Å². The number of nitrogens with one attached hydrogen (secondary N) is 2. The number of amides is 3. The zero-order valence-corrected chi connectivity index (χ0v) is 22.6. The van der Waals surface area contributed by atoms with Crippen LogP contribution in [0.25, 0.3) is 0 Å². The molecule has 5 N–H and O–H groups in total. The number of benzene rings is 2. The molecular formula is C29H39FN4O5.